The summed E-state index contributed by atoms with van der Waals surface area (Å²) in [5.41, 5.74) is 6.35. The van der Waals surface area contributed by atoms with Crippen LogP contribution < -0.4 is 10.5 Å². The Morgan fingerprint density at radius 1 is 1.29 bits per heavy atom. The summed E-state index contributed by atoms with van der Waals surface area (Å²) in [7, 11) is 0. The Kier molecular flexibility index (Phi) is 5.94. The molecule has 0 saturated carbocycles. The predicted molar refractivity (Wildman–Crippen MR) is 73.5 cm³/mol. The van der Waals surface area contributed by atoms with E-state index < -0.39 is 0 Å². The van der Waals surface area contributed by atoms with Crippen LogP contribution in [-0.2, 0) is 4.74 Å². The van der Waals surface area contributed by atoms with Crippen molar-refractivity contribution in [3.8, 4) is 5.75 Å². The molecule has 0 radical (unpaired) electrons. The maximum absolute atomic E-state index is 5.53. The van der Waals surface area contributed by atoms with Gasteiger partial charge in [-0.15, -0.1) is 0 Å². The van der Waals surface area contributed by atoms with Crippen LogP contribution in [0, 0.1) is 0 Å². The van der Waals surface area contributed by atoms with Crippen LogP contribution in [0.15, 0.2) is 24.3 Å². The molecule has 0 bridgehead atoms. The average Bonchev–Trinajstić information content (AvgIpc) is 2.34. The highest BCUT2D eigenvalue weighted by atomic mass is 32.1. The lowest BCUT2D eigenvalue weighted by Gasteiger charge is -2.11. The SMILES string of the molecule is CCC(C)OCCOc1ccc(C(N)=S)cc1. The van der Waals surface area contributed by atoms with Crippen molar-refractivity contribution in [3.63, 3.8) is 0 Å². The summed E-state index contributed by atoms with van der Waals surface area (Å²) in [6.07, 6.45) is 1.30. The fourth-order valence-corrected chi connectivity index (χ4v) is 1.38. The molecule has 0 aromatic heterocycles. The smallest absolute Gasteiger partial charge is 0.119 e. The Balaban J connectivity index is 2.30. The second-order valence-corrected chi connectivity index (χ2v) is 4.27. The number of ether oxygens (including phenoxy) is 2. The van der Waals surface area contributed by atoms with Gasteiger partial charge in [0, 0.05) is 5.56 Å². The van der Waals surface area contributed by atoms with Gasteiger partial charge < -0.3 is 15.2 Å². The van der Waals surface area contributed by atoms with Crippen LogP contribution in [0.5, 0.6) is 5.75 Å². The van der Waals surface area contributed by atoms with E-state index in [2.05, 4.69) is 13.8 Å². The second kappa shape index (κ2) is 7.25. The first-order chi connectivity index (χ1) is 8.13. The fraction of sp³-hybridized carbons (Fsp3) is 0.462. The highest BCUT2D eigenvalue weighted by Gasteiger charge is 1.99. The number of nitrogens with two attached hydrogens (primary N) is 1. The van der Waals surface area contributed by atoms with Crippen LogP contribution >= 0.6 is 12.2 Å². The molecule has 1 unspecified atom stereocenters. The van der Waals surface area contributed by atoms with Gasteiger partial charge >= 0.3 is 0 Å². The molecular weight excluding hydrogens is 234 g/mol. The summed E-state index contributed by atoms with van der Waals surface area (Å²) in [6.45, 7) is 5.31. The molecule has 1 atom stereocenters. The summed E-state index contributed by atoms with van der Waals surface area (Å²) in [5, 5.41) is 0. The molecule has 3 nitrogen and oxygen atoms in total. The van der Waals surface area contributed by atoms with E-state index in [1.165, 1.54) is 0 Å². The molecule has 0 fully saturated rings. The Morgan fingerprint density at radius 3 is 2.47 bits per heavy atom. The van der Waals surface area contributed by atoms with E-state index >= 15 is 0 Å². The molecule has 0 aliphatic heterocycles. The van der Waals surface area contributed by atoms with Crippen molar-refractivity contribution in [2.75, 3.05) is 13.2 Å². The molecule has 0 spiro atoms. The first-order valence-electron chi connectivity index (χ1n) is 5.77. The Bertz CT molecular complexity index is 351. The van der Waals surface area contributed by atoms with Crippen molar-refractivity contribution < 1.29 is 9.47 Å². The second-order valence-electron chi connectivity index (χ2n) is 3.83. The Morgan fingerprint density at radius 2 is 1.94 bits per heavy atom. The van der Waals surface area contributed by atoms with Crippen LogP contribution in [0.25, 0.3) is 0 Å². The highest BCUT2D eigenvalue weighted by Crippen LogP contribution is 2.12. The molecule has 1 aromatic carbocycles. The molecule has 0 aliphatic rings. The fourth-order valence-electron chi connectivity index (χ4n) is 1.24. The minimum atomic E-state index is 0.288. The van der Waals surface area contributed by atoms with Gasteiger partial charge in [-0.2, -0.15) is 0 Å². The Hall–Kier alpha value is -1.13. The van der Waals surface area contributed by atoms with Gasteiger partial charge in [-0.3, -0.25) is 0 Å². The van der Waals surface area contributed by atoms with E-state index in [-0.39, 0.29) is 6.10 Å². The first kappa shape index (κ1) is 13.9. The van der Waals surface area contributed by atoms with E-state index in [1.807, 2.05) is 24.3 Å². The summed E-state index contributed by atoms with van der Waals surface area (Å²) < 4.78 is 11.0. The predicted octanol–water partition coefficient (Wildman–Crippen LogP) is 2.51. The summed E-state index contributed by atoms with van der Waals surface area (Å²) >= 11 is 4.87. The average molecular weight is 253 g/mol. The number of thiocarbonyl (C=S) groups is 1. The molecule has 0 saturated heterocycles. The van der Waals surface area contributed by atoms with E-state index in [1.54, 1.807) is 0 Å². The lowest BCUT2D eigenvalue weighted by atomic mass is 10.2. The van der Waals surface area contributed by atoms with Crippen LogP contribution in [0.3, 0.4) is 0 Å². The van der Waals surface area contributed by atoms with Crippen LogP contribution in [-0.4, -0.2) is 24.3 Å². The Labute approximate surface area is 108 Å². The molecule has 1 rings (SSSR count). The third-order valence-electron chi connectivity index (χ3n) is 2.47. The van der Waals surface area contributed by atoms with Gasteiger partial charge in [-0.25, -0.2) is 0 Å². The molecule has 2 N–H and O–H groups in total. The van der Waals surface area contributed by atoms with Gasteiger partial charge in [0.2, 0.25) is 0 Å². The van der Waals surface area contributed by atoms with Crippen molar-refractivity contribution in [2.24, 2.45) is 5.73 Å². The highest BCUT2D eigenvalue weighted by molar-refractivity contribution is 7.80. The van der Waals surface area contributed by atoms with Crippen LogP contribution in [0.4, 0.5) is 0 Å². The molecule has 4 heteroatoms. The maximum atomic E-state index is 5.53. The number of rotatable bonds is 7. The number of hydrogen-bond donors (Lipinski definition) is 1. The van der Waals surface area contributed by atoms with Gasteiger partial charge in [0.25, 0.3) is 0 Å². The molecule has 17 heavy (non-hydrogen) atoms. The normalized spacial score (nSPS) is 12.1. The van der Waals surface area contributed by atoms with E-state index in [9.17, 15) is 0 Å². The lowest BCUT2D eigenvalue weighted by molar-refractivity contribution is 0.0427. The van der Waals surface area contributed by atoms with Gasteiger partial charge in [-0.1, -0.05) is 19.1 Å². The topological polar surface area (TPSA) is 44.5 Å². The number of benzene rings is 1. The minimum absolute atomic E-state index is 0.288. The monoisotopic (exact) mass is 253 g/mol. The van der Waals surface area contributed by atoms with Crippen molar-refractivity contribution in [1.82, 2.24) is 0 Å². The van der Waals surface area contributed by atoms with Gasteiger partial charge in [0.15, 0.2) is 0 Å². The van der Waals surface area contributed by atoms with Gasteiger partial charge in [0.05, 0.1) is 12.7 Å². The quantitative estimate of drug-likeness (QED) is 0.599. The maximum Gasteiger partial charge on any atom is 0.119 e. The van der Waals surface area contributed by atoms with Crippen LogP contribution in [0.2, 0.25) is 0 Å². The third-order valence-corrected chi connectivity index (χ3v) is 2.70. The van der Waals surface area contributed by atoms with E-state index in [0.717, 1.165) is 17.7 Å². The standard InChI is InChI=1S/C13H19NO2S/c1-3-10(2)15-8-9-16-12-6-4-11(5-7-12)13(14)17/h4-7,10H,3,8-9H2,1-2H3,(H2,14,17). The van der Waals surface area contributed by atoms with Crippen molar-refractivity contribution in [1.29, 1.82) is 0 Å². The molecule has 94 valence electrons. The largest absolute Gasteiger partial charge is 0.491 e. The lowest BCUT2D eigenvalue weighted by Crippen LogP contribution is -2.13. The zero-order valence-electron chi connectivity index (χ0n) is 10.3. The summed E-state index contributed by atoms with van der Waals surface area (Å²) in [4.78, 5) is 0.400. The van der Waals surface area contributed by atoms with Gasteiger partial charge in [0.1, 0.15) is 17.3 Å². The van der Waals surface area contributed by atoms with E-state index in [0.29, 0.717) is 18.2 Å². The molecular formula is C13H19NO2S. The number of hydrogen-bond acceptors (Lipinski definition) is 3. The molecule has 1 aromatic rings. The van der Waals surface area contributed by atoms with Crippen molar-refractivity contribution in [2.45, 2.75) is 26.4 Å². The van der Waals surface area contributed by atoms with E-state index in [4.69, 9.17) is 27.4 Å². The molecule has 0 aliphatic carbocycles. The first-order valence-corrected chi connectivity index (χ1v) is 6.18. The summed E-state index contributed by atoms with van der Waals surface area (Å²) in [5.74, 6) is 0.803. The van der Waals surface area contributed by atoms with Gasteiger partial charge in [-0.05, 0) is 37.6 Å². The third kappa shape index (κ3) is 5.15. The zero-order valence-corrected chi connectivity index (χ0v) is 11.1. The summed E-state index contributed by atoms with van der Waals surface area (Å²) in [6, 6.07) is 7.43. The zero-order chi connectivity index (χ0) is 12.7. The molecule has 0 heterocycles. The van der Waals surface area contributed by atoms with Crippen molar-refractivity contribution in [3.05, 3.63) is 29.8 Å². The molecule has 0 amide bonds. The van der Waals surface area contributed by atoms with Crippen LogP contribution in [0.1, 0.15) is 25.8 Å². The minimum Gasteiger partial charge on any atom is -0.491 e. The van der Waals surface area contributed by atoms with Crippen molar-refractivity contribution >= 4 is 17.2 Å².